The molecule has 2 nitrogen and oxygen atoms in total. The van der Waals surface area contributed by atoms with Gasteiger partial charge in [0.2, 0.25) is 5.91 Å². The molecule has 1 aliphatic rings. The van der Waals surface area contributed by atoms with Crippen LogP contribution in [0.5, 0.6) is 0 Å². The molecule has 3 rings (SSSR count). The second kappa shape index (κ2) is 3.46. The molecule has 3 heteroatoms. The van der Waals surface area contributed by atoms with Crippen LogP contribution in [0.25, 0.3) is 0 Å². The number of para-hydroxylation sites is 1. The summed E-state index contributed by atoms with van der Waals surface area (Å²) in [5, 5.41) is 5.01. The molecule has 0 saturated heterocycles. The fourth-order valence-corrected chi connectivity index (χ4v) is 3.11. The molecule has 1 N–H and O–H groups in total. The summed E-state index contributed by atoms with van der Waals surface area (Å²) in [6.45, 7) is 2.05. The van der Waals surface area contributed by atoms with E-state index in [0.717, 1.165) is 16.1 Å². The monoisotopic (exact) mass is 229 g/mol. The maximum absolute atomic E-state index is 11.9. The van der Waals surface area contributed by atoms with Gasteiger partial charge in [-0.25, -0.2) is 0 Å². The van der Waals surface area contributed by atoms with Crippen molar-refractivity contribution < 1.29 is 4.79 Å². The molecule has 0 saturated carbocycles. The van der Waals surface area contributed by atoms with Gasteiger partial charge >= 0.3 is 0 Å². The molecule has 0 spiro atoms. The molecule has 2 heterocycles. The van der Waals surface area contributed by atoms with Crippen LogP contribution in [0.3, 0.4) is 0 Å². The maximum Gasteiger partial charge on any atom is 0.237 e. The molecule has 1 amide bonds. The number of thiophene rings is 1. The summed E-state index contributed by atoms with van der Waals surface area (Å²) in [5.41, 5.74) is 3.26. The molecule has 0 radical (unpaired) electrons. The van der Waals surface area contributed by atoms with Crippen molar-refractivity contribution >= 4 is 22.9 Å². The van der Waals surface area contributed by atoms with E-state index in [9.17, 15) is 4.79 Å². The van der Waals surface area contributed by atoms with Crippen molar-refractivity contribution in [3.8, 4) is 0 Å². The van der Waals surface area contributed by atoms with Crippen LogP contribution in [0.1, 0.15) is 21.9 Å². The number of hydrogen-bond donors (Lipinski definition) is 1. The topological polar surface area (TPSA) is 29.1 Å². The third-order valence-electron chi connectivity index (χ3n) is 2.83. The minimum Gasteiger partial charge on any atom is -0.325 e. The van der Waals surface area contributed by atoms with E-state index in [-0.39, 0.29) is 11.8 Å². The van der Waals surface area contributed by atoms with Crippen LogP contribution in [0.2, 0.25) is 0 Å². The van der Waals surface area contributed by atoms with Crippen molar-refractivity contribution in [2.45, 2.75) is 12.8 Å². The van der Waals surface area contributed by atoms with Gasteiger partial charge in [0, 0.05) is 10.6 Å². The van der Waals surface area contributed by atoms with Crippen molar-refractivity contribution in [1.29, 1.82) is 0 Å². The fraction of sp³-hybridized carbons (Fsp3) is 0.154. The molecule has 0 aliphatic carbocycles. The first-order valence-corrected chi connectivity index (χ1v) is 6.08. The number of rotatable bonds is 1. The van der Waals surface area contributed by atoms with E-state index < -0.39 is 0 Å². The molecule has 80 valence electrons. The number of carbonyl (C=O) groups is 1. The summed E-state index contributed by atoms with van der Waals surface area (Å²) in [7, 11) is 0. The summed E-state index contributed by atoms with van der Waals surface area (Å²) >= 11 is 1.65. The minimum atomic E-state index is -0.116. The second-order valence-corrected chi connectivity index (χ2v) is 4.98. The lowest BCUT2D eigenvalue weighted by atomic mass is 9.99. The Morgan fingerprint density at radius 3 is 2.88 bits per heavy atom. The van der Waals surface area contributed by atoms with Gasteiger partial charge in [-0.3, -0.25) is 4.79 Å². The number of aryl methyl sites for hydroxylation is 1. The van der Waals surface area contributed by atoms with Crippen LogP contribution >= 0.6 is 11.3 Å². The van der Waals surface area contributed by atoms with E-state index in [1.54, 1.807) is 11.3 Å². The van der Waals surface area contributed by atoms with E-state index in [1.807, 2.05) is 24.3 Å². The number of fused-ring (bicyclic) bond motifs is 1. The van der Waals surface area contributed by atoms with Crippen molar-refractivity contribution in [2.75, 3.05) is 5.32 Å². The number of nitrogens with one attached hydrogen (secondary N) is 1. The Hall–Kier alpha value is -1.61. The fourth-order valence-electron chi connectivity index (χ4n) is 2.10. The molecule has 0 fully saturated rings. The molecular weight excluding hydrogens is 218 g/mol. The highest BCUT2D eigenvalue weighted by molar-refractivity contribution is 7.10. The second-order valence-electron chi connectivity index (χ2n) is 4.04. The van der Waals surface area contributed by atoms with Gasteiger partial charge in [-0.05, 0) is 35.6 Å². The molecule has 1 atom stereocenters. The first kappa shape index (κ1) is 9.60. The lowest BCUT2D eigenvalue weighted by Crippen LogP contribution is -2.11. The van der Waals surface area contributed by atoms with Gasteiger partial charge in [0.05, 0.1) is 5.92 Å². The maximum atomic E-state index is 11.9. The molecule has 2 aromatic rings. The van der Waals surface area contributed by atoms with Gasteiger partial charge in [0.1, 0.15) is 0 Å². The van der Waals surface area contributed by atoms with Crippen molar-refractivity contribution in [3.05, 3.63) is 51.7 Å². The molecule has 1 aromatic carbocycles. The van der Waals surface area contributed by atoms with E-state index in [2.05, 4.69) is 23.7 Å². The lowest BCUT2D eigenvalue weighted by Gasteiger charge is -2.04. The van der Waals surface area contributed by atoms with Crippen LogP contribution in [0, 0.1) is 6.92 Å². The summed E-state index contributed by atoms with van der Waals surface area (Å²) in [5.74, 6) is -0.0297. The predicted octanol–water partition coefficient (Wildman–Crippen LogP) is 3.14. The largest absolute Gasteiger partial charge is 0.325 e. The summed E-state index contributed by atoms with van der Waals surface area (Å²) < 4.78 is 0. The Kier molecular flexibility index (Phi) is 2.07. The lowest BCUT2D eigenvalue weighted by molar-refractivity contribution is -0.116. The zero-order valence-electron chi connectivity index (χ0n) is 8.86. The predicted molar refractivity (Wildman–Crippen MR) is 66.0 cm³/mol. The molecular formula is C13H11NOS. The van der Waals surface area contributed by atoms with E-state index in [0.29, 0.717) is 0 Å². The Labute approximate surface area is 97.9 Å². The van der Waals surface area contributed by atoms with Gasteiger partial charge in [-0.15, -0.1) is 11.3 Å². The summed E-state index contributed by atoms with van der Waals surface area (Å²) in [4.78, 5) is 13.1. The first-order chi connectivity index (χ1) is 7.75. The normalized spacial score (nSPS) is 18.3. The van der Waals surface area contributed by atoms with Gasteiger partial charge in [0.15, 0.2) is 0 Å². The smallest absolute Gasteiger partial charge is 0.237 e. The van der Waals surface area contributed by atoms with Gasteiger partial charge < -0.3 is 5.32 Å². The Morgan fingerprint density at radius 1 is 1.31 bits per heavy atom. The molecule has 0 bridgehead atoms. The molecule has 16 heavy (non-hydrogen) atoms. The van der Waals surface area contributed by atoms with E-state index in [4.69, 9.17) is 0 Å². The quantitative estimate of drug-likeness (QED) is 0.799. The third-order valence-corrected chi connectivity index (χ3v) is 3.94. The first-order valence-electron chi connectivity index (χ1n) is 5.20. The zero-order valence-corrected chi connectivity index (χ0v) is 9.67. The van der Waals surface area contributed by atoms with Crippen LogP contribution in [-0.4, -0.2) is 5.91 Å². The third kappa shape index (κ3) is 1.36. The highest BCUT2D eigenvalue weighted by Crippen LogP contribution is 2.39. The van der Waals surface area contributed by atoms with Crippen molar-refractivity contribution in [2.24, 2.45) is 0 Å². The van der Waals surface area contributed by atoms with Gasteiger partial charge in [-0.1, -0.05) is 18.2 Å². The van der Waals surface area contributed by atoms with Crippen molar-refractivity contribution in [3.63, 3.8) is 0 Å². The van der Waals surface area contributed by atoms with Gasteiger partial charge in [-0.2, -0.15) is 0 Å². The number of amides is 1. The summed E-state index contributed by atoms with van der Waals surface area (Å²) in [6, 6.07) is 9.99. The van der Waals surface area contributed by atoms with E-state index in [1.165, 1.54) is 5.56 Å². The highest BCUT2D eigenvalue weighted by Gasteiger charge is 2.32. The molecule has 1 unspecified atom stereocenters. The Bertz CT molecular complexity index is 559. The van der Waals surface area contributed by atoms with Gasteiger partial charge in [0.25, 0.3) is 0 Å². The van der Waals surface area contributed by atoms with E-state index >= 15 is 0 Å². The highest BCUT2D eigenvalue weighted by atomic mass is 32.1. The minimum absolute atomic E-state index is 0.0862. The molecule has 1 aromatic heterocycles. The van der Waals surface area contributed by atoms with Crippen molar-refractivity contribution in [1.82, 2.24) is 0 Å². The average Bonchev–Trinajstić information content (AvgIpc) is 2.80. The number of benzene rings is 1. The van der Waals surface area contributed by atoms with Crippen LogP contribution in [-0.2, 0) is 4.79 Å². The number of hydrogen-bond acceptors (Lipinski definition) is 2. The number of carbonyl (C=O) groups excluding carboxylic acids is 1. The Morgan fingerprint density at radius 2 is 2.12 bits per heavy atom. The standard InChI is InChI=1S/C13H11NOS/c1-8-6-11(16-7-8)12-9-4-2-3-5-10(9)14-13(12)15/h2-7,12H,1H3,(H,14,15). The molecule has 1 aliphatic heterocycles. The van der Waals surface area contributed by atoms with Crippen LogP contribution in [0.15, 0.2) is 35.7 Å². The number of anilines is 1. The zero-order chi connectivity index (χ0) is 11.1. The summed E-state index contributed by atoms with van der Waals surface area (Å²) in [6.07, 6.45) is 0. The van der Waals surface area contributed by atoms with Crippen LogP contribution in [0.4, 0.5) is 5.69 Å². The Balaban J connectivity index is 2.12. The van der Waals surface area contributed by atoms with Crippen LogP contribution < -0.4 is 5.32 Å². The average molecular weight is 229 g/mol. The SMILES string of the molecule is Cc1csc(C2C(=O)Nc3ccccc32)c1.